The van der Waals surface area contributed by atoms with Crippen molar-refractivity contribution in [2.45, 2.75) is 19.3 Å². The van der Waals surface area contributed by atoms with Gasteiger partial charge in [0.15, 0.2) is 5.78 Å². The minimum Gasteiger partial charge on any atom is -0.396 e. The molecule has 1 aliphatic carbocycles. The molecule has 1 rings (SSSR count). The molecule has 4 nitrogen and oxygen atoms in total. The number of ketones is 1. The molecule has 0 aromatic heterocycles. The summed E-state index contributed by atoms with van der Waals surface area (Å²) in [6.45, 7) is -0.387. The summed E-state index contributed by atoms with van der Waals surface area (Å²) in [5.74, 6) is -0.0303. The maximum absolute atomic E-state index is 11.5. The van der Waals surface area contributed by atoms with Gasteiger partial charge in [0.1, 0.15) is 0 Å². The Labute approximate surface area is 88.5 Å². The largest absolute Gasteiger partial charge is 0.396 e. The number of hydrogen-bond acceptors (Lipinski definition) is 4. The lowest BCUT2D eigenvalue weighted by Crippen LogP contribution is -2.05. The fourth-order valence-corrected chi connectivity index (χ4v) is 1.76. The lowest BCUT2D eigenvalue weighted by atomic mass is 10.0. The summed E-state index contributed by atoms with van der Waals surface area (Å²) in [6, 6.07) is 0. The maximum atomic E-state index is 11.5. The summed E-state index contributed by atoms with van der Waals surface area (Å²) in [5.41, 5.74) is 1.68. The van der Waals surface area contributed by atoms with E-state index in [0.717, 1.165) is 0 Å². The molecule has 3 N–H and O–H groups in total. The molecule has 0 radical (unpaired) electrons. The van der Waals surface area contributed by atoms with Gasteiger partial charge >= 0.3 is 0 Å². The van der Waals surface area contributed by atoms with E-state index in [0.29, 0.717) is 36.0 Å². The normalized spacial score (nSPS) is 17.8. The third-order valence-corrected chi connectivity index (χ3v) is 2.49. The highest BCUT2D eigenvalue weighted by Gasteiger charge is 2.24. The molecule has 4 heteroatoms. The Morgan fingerprint density at radius 2 is 2.00 bits per heavy atom. The Morgan fingerprint density at radius 1 is 1.27 bits per heavy atom. The highest BCUT2D eigenvalue weighted by molar-refractivity contribution is 6.02. The molecule has 84 valence electrons. The van der Waals surface area contributed by atoms with Gasteiger partial charge in [-0.25, -0.2) is 0 Å². The number of Topliss-reactive ketones (excluding diaryl/α,β-unsaturated/α-hetero) is 1. The van der Waals surface area contributed by atoms with Crippen molar-refractivity contribution < 1.29 is 20.1 Å². The lowest BCUT2D eigenvalue weighted by Gasteiger charge is -2.06. The van der Waals surface area contributed by atoms with E-state index in [-0.39, 0.29) is 25.6 Å². The van der Waals surface area contributed by atoms with Gasteiger partial charge < -0.3 is 15.3 Å². The summed E-state index contributed by atoms with van der Waals surface area (Å²) in [7, 11) is 0. The second-order valence-electron chi connectivity index (χ2n) is 3.46. The van der Waals surface area contributed by atoms with Crippen molar-refractivity contribution in [3.63, 3.8) is 0 Å². The van der Waals surface area contributed by atoms with Crippen LogP contribution < -0.4 is 0 Å². The minimum atomic E-state index is -0.232. The molecule has 0 aromatic carbocycles. The van der Waals surface area contributed by atoms with Crippen LogP contribution in [-0.4, -0.2) is 40.9 Å². The first kappa shape index (κ1) is 12.1. The van der Waals surface area contributed by atoms with Crippen molar-refractivity contribution >= 4 is 5.78 Å². The van der Waals surface area contributed by atoms with E-state index in [2.05, 4.69) is 0 Å². The van der Waals surface area contributed by atoms with Crippen LogP contribution >= 0.6 is 0 Å². The van der Waals surface area contributed by atoms with Crippen LogP contribution in [0, 0.1) is 0 Å². The molecule has 1 aliphatic rings. The molecule has 0 bridgehead atoms. The quantitative estimate of drug-likeness (QED) is 0.596. The van der Waals surface area contributed by atoms with Gasteiger partial charge in [-0.2, -0.15) is 0 Å². The molecule has 0 amide bonds. The van der Waals surface area contributed by atoms with Crippen molar-refractivity contribution in [2.75, 3.05) is 19.8 Å². The molecule has 15 heavy (non-hydrogen) atoms. The topological polar surface area (TPSA) is 77.8 Å². The Bertz CT molecular complexity index is 302. The van der Waals surface area contributed by atoms with Crippen LogP contribution in [0.25, 0.3) is 0 Å². The number of aliphatic hydroxyl groups is 3. The standard InChI is InChI=1S/C11H16O4/c12-5-1-2-8(6-13)11-9(7-14)3-4-10(11)15/h2,12-14H,1,3-7H2/b8-2-. The van der Waals surface area contributed by atoms with Crippen LogP contribution in [0.2, 0.25) is 0 Å². The van der Waals surface area contributed by atoms with Crippen molar-refractivity contribution in [3.05, 3.63) is 22.8 Å². The number of aliphatic hydroxyl groups excluding tert-OH is 3. The Kier molecular flexibility index (Phi) is 4.68. The van der Waals surface area contributed by atoms with Gasteiger partial charge in [0.05, 0.1) is 13.2 Å². The zero-order chi connectivity index (χ0) is 11.3. The number of carbonyl (C=O) groups excluding carboxylic acids is 1. The summed E-state index contributed by atoms with van der Waals surface area (Å²) in [4.78, 5) is 11.5. The molecular formula is C11H16O4. The van der Waals surface area contributed by atoms with E-state index < -0.39 is 0 Å². The average Bonchev–Trinajstić information content (AvgIpc) is 2.62. The van der Waals surface area contributed by atoms with Crippen molar-refractivity contribution in [2.24, 2.45) is 0 Å². The second-order valence-corrected chi connectivity index (χ2v) is 3.46. The maximum Gasteiger partial charge on any atom is 0.163 e. The molecule has 0 fully saturated rings. The van der Waals surface area contributed by atoms with Gasteiger partial charge in [0.25, 0.3) is 0 Å². The third-order valence-electron chi connectivity index (χ3n) is 2.49. The number of carbonyl (C=O) groups is 1. The second kappa shape index (κ2) is 5.80. The Hall–Kier alpha value is -0.970. The molecule has 0 saturated carbocycles. The van der Waals surface area contributed by atoms with Gasteiger partial charge in [0.2, 0.25) is 0 Å². The first-order valence-corrected chi connectivity index (χ1v) is 5.01. The number of rotatable bonds is 5. The molecular weight excluding hydrogens is 196 g/mol. The lowest BCUT2D eigenvalue weighted by molar-refractivity contribution is -0.114. The minimum absolute atomic E-state index is 0.0145. The van der Waals surface area contributed by atoms with Gasteiger partial charge in [-0.1, -0.05) is 6.08 Å². The van der Waals surface area contributed by atoms with Crippen LogP contribution in [0.1, 0.15) is 19.3 Å². The Balaban J connectivity index is 2.95. The zero-order valence-electron chi connectivity index (χ0n) is 8.57. The molecule has 0 atom stereocenters. The van der Waals surface area contributed by atoms with Crippen LogP contribution in [-0.2, 0) is 4.79 Å². The van der Waals surface area contributed by atoms with E-state index >= 15 is 0 Å². The Morgan fingerprint density at radius 3 is 2.53 bits per heavy atom. The van der Waals surface area contributed by atoms with Crippen LogP contribution in [0.15, 0.2) is 22.8 Å². The molecule has 0 unspecified atom stereocenters. The molecule has 0 spiro atoms. The summed E-state index contributed by atoms with van der Waals surface area (Å²) >= 11 is 0. The monoisotopic (exact) mass is 212 g/mol. The van der Waals surface area contributed by atoms with Crippen molar-refractivity contribution in [1.82, 2.24) is 0 Å². The molecule has 0 aliphatic heterocycles. The number of hydrogen-bond donors (Lipinski definition) is 3. The van der Waals surface area contributed by atoms with Crippen LogP contribution in [0.3, 0.4) is 0 Å². The van der Waals surface area contributed by atoms with E-state index in [1.807, 2.05) is 0 Å². The molecule has 0 saturated heterocycles. The van der Waals surface area contributed by atoms with Crippen LogP contribution in [0.5, 0.6) is 0 Å². The van der Waals surface area contributed by atoms with E-state index in [9.17, 15) is 4.79 Å². The third kappa shape index (κ3) is 2.75. The predicted molar refractivity (Wildman–Crippen MR) is 55.2 cm³/mol. The first-order valence-electron chi connectivity index (χ1n) is 5.01. The van der Waals surface area contributed by atoms with Gasteiger partial charge in [-0.05, 0) is 24.0 Å². The van der Waals surface area contributed by atoms with E-state index in [4.69, 9.17) is 15.3 Å². The summed E-state index contributed by atoms with van der Waals surface area (Å²) in [6.07, 6.45) is 3.03. The van der Waals surface area contributed by atoms with Gasteiger partial charge in [-0.3, -0.25) is 4.79 Å². The smallest absolute Gasteiger partial charge is 0.163 e. The van der Waals surface area contributed by atoms with E-state index in [1.54, 1.807) is 6.08 Å². The van der Waals surface area contributed by atoms with Gasteiger partial charge in [-0.15, -0.1) is 0 Å². The van der Waals surface area contributed by atoms with Gasteiger partial charge in [0, 0.05) is 18.6 Å². The molecule has 0 aromatic rings. The van der Waals surface area contributed by atoms with Crippen molar-refractivity contribution in [1.29, 1.82) is 0 Å². The SMILES string of the molecule is O=C1CCC(CO)=C1/C(=C\CCO)CO. The fraction of sp³-hybridized carbons (Fsp3) is 0.545. The zero-order valence-corrected chi connectivity index (χ0v) is 8.57. The van der Waals surface area contributed by atoms with Crippen LogP contribution in [0.4, 0.5) is 0 Å². The highest BCUT2D eigenvalue weighted by atomic mass is 16.3. The summed E-state index contributed by atoms with van der Waals surface area (Å²) in [5, 5.41) is 26.8. The fourth-order valence-electron chi connectivity index (χ4n) is 1.76. The average molecular weight is 212 g/mol. The van der Waals surface area contributed by atoms with Crippen molar-refractivity contribution in [3.8, 4) is 0 Å². The first-order chi connectivity index (χ1) is 7.24. The summed E-state index contributed by atoms with van der Waals surface area (Å²) < 4.78 is 0. The van der Waals surface area contributed by atoms with E-state index in [1.165, 1.54) is 0 Å². The molecule has 0 heterocycles. The predicted octanol–water partition coefficient (Wildman–Crippen LogP) is -0.0607. The highest BCUT2D eigenvalue weighted by Crippen LogP contribution is 2.28.